The molecular formula is C16H20ClF2N3O. The van der Waals surface area contributed by atoms with E-state index in [-0.39, 0.29) is 24.2 Å². The van der Waals surface area contributed by atoms with Crippen molar-refractivity contribution in [2.75, 3.05) is 20.2 Å². The van der Waals surface area contributed by atoms with E-state index in [4.69, 9.17) is 4.74 Å². The first-order valence-corrected chi connectivity index (χ1v) is 7.76. The Morgan fingerprint density at radius 2 is 1.91 bits per heavy atom. The average molecular weight is 344 g/mol. The molecule has 4 rings (SSSR count). The van der Waals surface area contributed by atoms with Crippen molar-refractivity contribution < 1.29 is 13.5 Å². The Kier molecular flexibility index (Phi) is 4.33. The van der Waals surface area contributed by atoms with Crippen LogP contribution >= 0.6 is 12.4 Å². The maximum Gasteiger partial charge on any atom is 0.217 e. The lowest BCUT2D eigenvalue weighted by molar-refractivity contribution is -0.143. The van der Waals surface area contributed by atoms with E-state index in [2.05, 4.69) is 15.5 Å². The second-order valence-electron chi connectivity index (χ2n) is 6.37. The Hall–Kier alpha value is -1.24. The molecule has 126 valence electrons. The SMILES string of the molecule is COC1(c2cc(F)cc3n[nH]c(F)c23)C2CCCC1CNC2.Cl. The van der Waals surface area contributed by atoms with Crippen LogP contribution in [0.25, 0.3) is 10.9 Å². The molecule has 4 nitrogen and oxygen atoms in total. The molecule has 2 aliphatic rings. The Labute approximate surface area is 139 Å². The lowest BCUT2D eigenvalue weighted by Gasteiger charge is -2.52. The lowest BCUT2D eigenvalue weighted by Crippen LogP contribution is -2.58. The van der Waals surface area contributed by atoms with Crippen molar-refractivity contribution in [1.82, 2.24) is 15.5 Å². The van der Waals surface area contributed by atoms with E-state index in [9.17, 15) is 8.78 Å². The first kappa shape index (κ1) is 16.6. The monoisotopic (exact) mass is 343 g/mol. The molecule has 7 heteroatoms. The van der Waals surface area contributed by atoms with Gasteiger partial charge in [-0.1, -0.05) is 6.42 Å². The van der Waals surface area contributed by atoms with E-state index in [1.54, 1.807) is 7.11 Å². The number of methoxy groups -OCH3 is 1. The Bertz CT molecular complexity index is 699. The molecule has 0 amide bonds. The van der Waals surface area contributed by atoms with Crippen LogP contribution in [0.15, 0.2) is 12.1 Å². The first-order chi connectivity index (χ1) is 10.7. The van der Waals surface area contributed by atoms with Crippen LogP contribution in [0.4, 0.5) is 8.78 Å². The van der Waals surface area contributed by atoms with Crippen LogP contribution in [-0.4, -0.2) is 30.4 Å². The smallest absolute Gasteiger partial charge is 0.217 e. The highest BCUT2D eigenvalue weighted by Gasteiger charge is 2.52. The normalized spacial score (nSPS) is 30.2. The van der Waals surface area contributed by atoms with Gasteiger partial charge < -0.3 is 10.1 Å². The van der Waals surface area contributed by atoms with Gasteiger partial charge in [0.1, 0.15) is 11.4 Å². The van der Waals surface area contributed by atoms with Crippen molar-refractivity contribution in [3.05, 3.63) is 29.5 Å². The van der Waals surface area contributed by atoms with Crippen LogP contribution in [0.1, 0.15) is 24.8 Å². The first-order valence-electron chi connectivity index (χ1n) is 7.76. The van der Waals surface area contributed by atoms with E-state index in [1.165, 1.54) is 12.1 Å². The summed E-state index contributed by atoms with van der Waals surface area (Å²) >= 11 is 0. The maximum absolute atomic E-state index is 14.3. The van der Waals surface area contributed by atoms with Gasteiger partial charge >= 0.3 is 0 Å². The number of hydrogen-bond acceptors (Lipinski definition) is 3. The molecule has 2 N–H and O–H groups in total. The number of nitrogens with zero attached hydrogens (tertiary/aromatic N) is 1. The van der Waals surface area contributed by atoms with Gasteiger partial charge in [-0.3, -0.25) is 5.10 Å². The van der Waals surface area contributed by atoms with E-state index in [0.29, 0.717) is 16.5 Å². The number of fused-ring (bicyclic) bond motifs is 3. The molecular weight excluding hydrogens is 324 g/mol. The maximum atomic E-state index is 14.3. The number of aromatic amines is 1. The molecule has 23 heavy (non-hydrogen) atoms. The Morgan fingerprint density at radius 1 is 1.22 bits per heavy atom. The summed E-state index contributed by atoms with van der Waals surface area (Å²) in [6.45, 7) is 1.61. The molecule has 2 atom stereocenters. The summed E-state index contributed by atoms with van der Waals surface area (Å²) in [7, 11) is 1.66. The van der Waals surface area contributed by atoms with Crippen LogP contribution in [0.2, 0.25) is 0 Å². The highest BCUT2D eigenvalue weighted by molar-refractivity contribution is 5.85. The highest BCUT2D eigenvalue weighted by Crippen LogP contribution is 2.51. The van der Waals surface area contributed by atoms with Gasteiger partial charge in [0.05, 0.1) is 10.9 Å². The Morgan fingerprint density at radius 3 is 2.57 bits per heavy atom. The zero-order valence-electron chi connectivity index (χ0n) is 12.9. The van der Waals surface area contributed by atoms with Crippen LogP contribution in [0.5, 0.6) is 0 Å². The fourth-order valence-electron chi connectivity index (χ4n) is 4.58. The summed E-state index contributed by atoms with van der Waals surface area (Å²) < 4.78 is 34.4. The van der Waals surface area contributed by atoms with Gasteiger partial charge in [0.25, 0.3) is 0 Å². The lowest BCUT2D eigenvalue weighted by atomic mass is 9.62. The summed E-state index contributed by atoms with van der Waals surface area (Å²) in [6, 6.07) is 2.69. The van der Waals surface area contributed by atoms with Gasteiger partial charge in [-0.05, 0) is 18.9 Å². The molecule has 2 unspecified atom stereocenters. The quantitative estimate of drug-likeness (QED) is 0.880. The third-order valence-electron chi connectivity index (χ3n) is 5.43. The standard InChI is InChI=1S/C16H19F2N3O.ClH/c1-22-16(9-3-2-4-10(16)8-19-7-9)12-5-11(17)6-13-14(12)15(18)21-20-13;/h5-6,9-10,19H,2-4,7-8H2,1H3,(H,20,21);1H. The average Bonchev–Trinajstić information content (AvgIpc) is 2.86. The zero-order valence-corrected chi connectivity index (χ0v) is 13.7. The zero-order chi connectivity index (χ0) is 15.3. The number of ether oxygens (including phenoxy) is 1. The molecule has 0 spiro atoms. The van der Waals surface area contributed by atoms with Crippen LogP contribution in [0, 0.1) is 23.6 Å². The van der Waals surface area contributed by atoms with Gasteiger partial charge in [-0.2, -0.15) is 9.49 Å². The topological polar surface area (TPSA) is 49.9 Å². The molecule has 1 saturated heterocycles. The van der Waals surface area contributed by atoms with Crippen LogP contribution in [0.3, 0.4) is 0 Å². The number of aromatic nitrogens is 2. The summed E-state index contributed by atoms with van der Waals surface area (Å²) in [6.07, 6.45) is 3.12. The molecule has 0 radical (unpaired) electrons. The minimum atomic E-state index is -0.644. The largest absolute Gasteiger partial charge is 0.373 e. The predicted molar refractivity (Wildman–Crippen MR) is 85.6 cm³/mol. The molecule has 1 aromatic carbocycles. The fraction of sp³-hybridized carbons (Fsp3) is 0.562. The summed E-state index contributed by atoms with van der Waals surface area (Å²) in [4.78, 5) is 0. The predicted octanol–water partition coefficient (Wildman–Crippen LogP) is 3.12. The van der Waals surface area contributed by atoms with E-state index < -0.39 is 17.4 Å². The molecule has 1 aromatic heterocycles. The summed E-state index contributed by atoms with van der Waals surface area (Å²) in [5, 5.41) is 10.0. The van der Waals surface area contributed by atoms with Crippen molar-refractivity contribution in [2.45, 2.75) is 24.9 Å². The number of benzene rings is 1. The Balaban J connectivity index is 0.00000156. The van der Waals surface area contributed by atoms with E-state index in [1.807, 2.05) is 0 Å². The number of hydrogen-bond donors (Lipinski definition) is 2. The summed E-state index contributed by atoms with van der Waals surface area (Å²) in [5.74, 6) is -0.492. The van der Waals surface area contributed by atoms with E-state index >= 15 is 0 Å². The van der Waals surface area contributed by atoms with Gasteiger partial charge in [0, 0.05) is 43.7 Å². The van der Waals surface area contributed by atoms with E-state index in [0.717, 1.165) is 32.4 Å². The van der Waals surface area contributed by atoms with Gasteiger partial charge in [-0.15, -0.1) is 12.4 Å². The molecule has 1 aliphatic heterocycles. The number of halogens is 3. The fourth-order valence-corrected chi connectivity index (χ4v) is 4.58. The van der Waals surface area contributed by atoms with Crippen molar-refractivity contribution in [3.63, 3.8) is 0 Å². The van der Waals surface area contributed by atoms with Gasteiger partial charge in [-0.25, -0.2) is 4.39 Å². The number of H-pyrrole nitrogens is 1. The minimum absolute atomic E-state index is 0. The van der Waals surface area contributed by atoms with Gasteiger partial charge in [0.2, 0.25) is 5.95 Å². The van der Waals surface area contributed by atoms with Crippen molar-refractivity contribution >= 4 is 23.3 Å². The molecule has 2 aromatic rings. The molecule has 1 saturated carbocycles. The molecule has 2 heterocycles. The number of nitrogens with one attached hydrogen (secondary N) is 2. The van der Waals surface area contributed by atoms with Crippen molar-refractivity contribution in [3.8, 4) is 0 Å². The van der Waals surface area contributed by atoms with Crippen LogP contribution in [-0.2, 0) is 10.3 Å². The van der Waals surface area contributed by atoms with Gasteiger partial charge in [0.15, 0.2) is 0 Å². The third-order valence-corrected chi connectivity index (χ3v) is 5.43. The second kappa shape index (κ2) is 6.00. The third kappa shape index (κ3) is 2.27. The van der Waals surface area contributed by atoms with Crippen LogP contribution < -0.4 is 5.32 Å². The van der Waals surface area contributed by atoms with Crippen molar-refractivity contribution in [1.29, 1.82) is 0 Å². The number of rotatable bonds is 2. The number of piperidine rings is 1. The van der Waals surface area contributed by atoms with Crippen molar-refractivity contribution in [2.24, 2.45) is 11.8 Å². The minimum Gasteiger partial charge on any atom is -0.373 e. The molecule has 1 aliphatic carbocycles. The highest BCUT2D eigenvalue weighted by atomic mass is 35.5. The summed E-state index contributed by atoms with van der Waals surface area (Å²) in [5.41, 5.74) is 0.280. The second-order valence-corrected chi connectivity index (χ2v) is 6.37. The molecule has 2 fully saturated rings. The molecule has 2 bridgehead atoms.